The van der Waals surface area contributed by atoms with Gasteiger partial charge in [0.15, 0.2) is 0 Å². The highest BCUT2D eigenvalue weighted by molar-refractivity contribution is 5.96. The van der Waals surface area contributed by atoms with Gasteiger partial charge in [-0.1, -0.05) is 19.9 Å². The van der Waals surface area contributed by atoms with Crippen LogP contribution in [0.4, 0.5) is 10.5 Å². The highest BCUT2D eigenvalue weighted by Gasteiger charge is 2.23. The smallest absolute Gasteiger partial charge is 0.312 e. The molecule has 0 aliphatic carbocycles. The zero-order valence-corrected chi connectivity index (χ0v) is 12.5. The molecule has 124 valence electrons. The first kappa shape index (κ1) is 17.9. The first-order chi connectivity index (χ1) is 10.7. The number of benzene rings is 1. The number of rotatable bonds is 5. The van der Waals surface area contributed by atoms with Crippen LogP contribution < -0.4 is 21.9 Å². The first-order valence-corrected chi connectivity index (χ1v) is 6.63. The molecule has 10 heteroatoms. The van der Waals surface area contributed by atoms with E-state index in [1.807, 2.05) is 0 Å². The van der Waals surface area contributed by atoms with Crippen molar-refractivity contribution in [3.8, 4) is 0 Å². The van der Waals surface area contributed by atoms with Gasteiger partial charge in [-0.15, -0.1) is 0 Å². The summed E-state index contributed by atoms with van der Waals surface area (Å²) < 4.78 is 0. The van der Waals surface area contributed by atoms with Crippen molar-refractivity contribution < 1.29 is 19.3 Å². The van der Waals surface area contributed by atoms with Crippen molar-refractivity contribution in [1.82, 2.24) is 16.2 Å². The van der Waals surface area contributed by atoms with Crippen LogP contribution in [0.2, 0.25) is 0 Å². The van der Waals surface area contributed by atoms with Gasteiger partial charge < -0.3 is 11.1 Å². The van der Waals surface area contributed by atoms with Gasteiger partial charge in [0.2, 0.25) is 0 Å². The van der Waals surface area contributed by atoms with E-state index in [0.717, 1.165) is 6.07 Å². The lowest BCUT2D eigenvalue weighted by molar-refractivity contribution is -0.384. The SMILES string of the molecule is CC(C)[C@@H](NC(N)=O)C(=O)NNC(=O)c1cccc([N+](=O)[O-])c1. The summed E-state index contributed by atoms with van der Waals surface area (Å²) in [6, 6.07) is 3.21. The van der Waals surface area contributed by atoms with Crippen LogP contribution in [0.3, 0.4) is 0 Å². The summed E-state index contributed by atoms with van der Waals surface area (Å²) in [6.07, 6.45) is 0. The Balaban J connectivity index is 2.71. The fourth-order valence-electron chi connectivity index (χ4n) is 1.72. The highest BCUT2D eigenvalue weighted by atomic mass is 16.6. The number of nitrogens with two attached hydrogens (primary N) is 1. The minimum Gasteiger partial charge on any atom is -0.352 e. The van der Waals surface area contributed by atoms with Crippen molar-refractivity contribution in [2.75, 3.05) is 0 Å². The number of nitrogens with one attached hydrogen (secondary N) is 3. The normalized spacial score (nSPS) is 11.4. The van der Waals surface area contributed by atoms with E-state index in [1.54, 1.807) is 13.8 Å². The van der Waals surface area contributed by atoms with Gasteiger partial charge in [0.1, 0.15) is 6.04 Å². The van der Waals surface area contributed by atoms with Crippen LogP contribution in [0.1, 0.15) is 24.2 Å². The van der Waals surface area contributed by atoms with E-state index in [0.29, 0.717) is 0 Å². The topological polar surface area (TPSA) is 156 Å². The Morgan fingerprint density at radius 2 is 1.87 bits per heavy atom. The first-order valence-electron chi connectivity index (χ1n) is 6.63. The van der Waals surface area contributed by atoms with E-state index < -0.39 is 28.8 Å². The number of urea groups is 1. The molecule has 0 unspecified atom stereocenters. The largest absolute Gasteiger partial charge is 0.352 e. The molecule has 0 fully saturated rings. The third-order valence-corrected chi connectivity index (χ3v) is 2.87. The van der Waals surface area contributed by atoms with Crippen LogP contribution in [-0.4, -0.2) is 28.8 Å². The fraction of sp³-hybridized carbons (Fsp3) is 0.308. The van der Waals surface area contributed by atoms with Crippen LogP contribution in [-0.2, 0) is 4.79 Å². The number of hydrogen-bond acceptors (Lipinski definition) is 5. The summed E-state index contributed by atoms with van der Waals surface area (Å²) in [5, 5.41) is 12.9. The van der Waals surface area contributed by atoms with E-state index in [4.69, 9.17) is 5.73 Å². The van der Waals surface area contributed by atoms with Crippen LogP contribution in [0, 0.1) is 16.0 Å². The minimum absolute atomic E-state index is 0.00320. The van der Waals surface area contributed by atoms with Crippen molar-refractivity contribution in [2.24, 2.45) is 11.7 Å². The molecule has 0 bridgehead atoms. The van der Waals surface area contributed by atoms with Gasteiger partial charge in [0.25, 0.3) is 17.5 Å². The number of primary amides is 1. The Kier molecular flexibility index (Phi) is 6.01. The van der Waals surface area contributed by atoms with Crippen molar-refractivity contribution >= 4 is 23.5 Å². The molecule has 0 aromatic heterocycles. The quantitative estimate of drug-likeness (QED) is 0.445. The number of amides is 4. The zero-order valence-electron chi connectivity index (χ0n) is 12.5. The summed E-state index contributed by atoms with van der Waals surface area (Å²) in [4.78, 5) is 44.7. The number of carbonyl (C=O) groups is 3. The molecule has 0 saturated carbocycles. The summed E-state index contributed by atoms with van der Waals surface area (Å²) in [5.74, 6) is -1.67. The van der Waals surface area contributed by atoms with Gasteiger partial charge in [-0.3, -0.25) is 30.6 Å². The molecular formula is C13H17N5O5. The Labute approximate surface area is 131 Å². The van der Waals surface area contributed by atoms with E-state index >= 15 is 0 Å². The zero-order chi connectivity index (χ0) is 17.6. The molecule has 4 amide bonds. The average Bonchev–Trinajstić information content (AvgIpc) is 2.49. The van der Waals surface area contributed by atoms with Crippen LogP contribution in [0.15, 0.2) is 24.3 Å². The molecule has 0 heterocycles. The predicted octanol–water partition coefficient (Wildman–Crippen LogP) is 0.0487. The molecule has 0 spiro atoms. The lowest BCUT2D eigenvalue weighted by atomic mass is 10.0. The third-order valence-electron chi connectivity index (χ3n) is 2.87. The van der Waals surface area contributed by atoms with Gasteiger partial charge in [0, 0.05) is 17.7 Å². The average molecular weight is 323 g/mol. The standard InChI is InChI=1S/C13H17N5O5/c1-7(2)10(15-13(14)21)12(20)17-16-11(19)8-4-3-5-9(6-8)18(22)23/h3-7,10H,1-2H3,(H,16,19)(H,17,20)(H3,14,15,21)/t10-/m1/s1. The number of hydrogen-bond donors (Lipinski definition) is 4. The molecular weight excluding hydrogens is 306 g/mol. The van der Waals surface area contributed by atoms with Gasteiger partial charge >= 0.3 is 6.03 Å². The molecule has 0 saturated heterocycles. The second-order valence-corrected chi connectivity index (χ2v) is 4.98. The lowest BCUT2D eigenvalue weighted by Crippen LogP contribution is -2.55. The second-order valence-electron chi connectivity index (χ2n) is 4.98. The van der Waals surface area contributed by atoms with Crippen LogP contribution in [0.5, 0.6) is 0 Å². The molecule has 0 radical (unpaired) electrons. The maximum atomic E-state index is 11.9. The summed E-state index contributed by atoms with van der Waals surface area (Å²) in [5.41, 5.74) is 8.99. The molecule has 23 heavy (non-hydrogen) atoms. The van der Waals surface area contributed by atoms with Gasteiger partial charge in [0.05, 0.1) is 4.92 Å². The molecule has 0 aliphatic heterocycles. The van der Waals surface area contributed by atoms with Crippen molar-refractivity contribution in [3.05, 3.63) is 39.9 Å². The van der Waals surface area contributed by atoms with Gasteiger partial charge in [-0.2, -0.15) is 0 Å². The van der Waals surface area contributed by atoms with Crippen molar-refractivity contribution in [2.45, 2.75) is 19.9 Å². The Morgan fingerprint density at radius 1 is 1.22 bits per heavy atom. The Morgan fingerprint density at radius 3 is 2.39 bits per heavy atom. The van der Waals surface area contributed by atoms with E-state index in [-0.39, 0.29) is 17.2 Å². The van der Waals surface area contributed by atoms with Gasteiger partial charge in [-0.25, -0.2) is 4.79 Å². The van der Waals surface area contributed by atoms with E-state index in [2.05, 4.69) is 16.2 Å². The maximum absolute atomic E-state index is 11.9. The van der Waals surface area contributed by atoms with Crippen LogP contribution in [0.25, 0.3) is 0 Å². The minimum atomic E-state index is -0.932. The number of non-ortho nitro benzene ring substituents is 1. The monoisotopic (exact) mass is 323 g/mol. The molecule has 10 nitrogen and oxygen atoms in total. The molecule has 5 N–H and O–H groups in total. The van der Waals surface area contributed by atoms with Gasteiger partial charge in [-0.05, 0) is 12.0 Å². The predicted molar refractivity (Wildman–Crippen MR) is 80.1 cm³/mol. The summed E-state index contributed by atoms with van der Waals surface area (Å²) >= 11 is 0. The maximum Gasteiger partial charge on any atom is 0.312 e. The van der Waals surface area contributed by atoms with E-state index in [9.17, 15) is 24.5 Å². The molecule has 0 aliphatic rings. The molecule has 1 rings (SSSR count). The Bertz CT molecular complexity index is 631. The number of nitro groups is 1. The lowest BCUT2D eigenvalue weighted by Gasteiger charge is -2.20. The molecule has 1 aromatic carbocycles. The number of carbonyl (C=O) groups excluding carboxylic acids is 3. The number of nitro benzene ring substituents is 1. The third kappa shape index (κ3) is 5.26. The van der Waals surface area contributed by atoms with Crippen LogP contribution >= 0.6 is 0 Å². The number of hydrazine groups is 1. The molecule has 1 atom stereocenters. The van der Waals surface area contributed by atoms with E-state index in [1.165, 1.54) is 18.2 Å². The molecule has 1 aromatic rings. The fourth-order valence-corrected chi connectivity index (χ4v) is 1.72. The van der Waals surface area contributed by atoms with Crippen molar-refractivity contribution in [1.29, 1.82) is 0 Å². The summed E-state index contributed by atoms with van der Waals surface area (Å²) in [7, 11) is 0. The second kappa shape index (κ2) is 7.73. The Hall–Kier alpha value is -3.17. The summed E-state index contributed by atoms with van der Waals surface area (Å²) in [6.45, 7) is 3.37. The van der Waals surface area contributed by atoms with Crippen molar-refractivity contribution in [3.63, 3.8) is 0 Å². The number of nitrogens with zero attached hydrogens (tertiary/aromatic N) is 1. The highest BCUT2D eigenvalue weighted by Crippen LogP contribution is 2.12.